The molecule has 0 amide bonds. The lowest BCUT2D eigenvalue weighted by Gasteiger charge is -2.56. The number of carbonyl (C=O) groups is 1. The van der Waals surface area contributed by atoms with Crippen LogP contribution in [0.5, 0.6) is 0 Å². The van der Waals surface area contributed by atoms with Gasteiger partial charge < -0.3 is 9.84 Å². The minimum atomic E-state index is -1.18. The highest BCUT2D eigenvalue weighted by molar-refractivity contribution is 5.57. The summed E-state index contributed by atoms with van der Waals surface area (Å²) >= 11 is 0. The van der Waals surface area contributed by atoms with Gasteiger partial charge in [-0.05, 0) is 35.7 Å². The Kier molecular flexibility index (Phi) is 2.05. The quantitative estimate of drug-likeness (QED) is 0.545. The third-order valence-corrected chi connectivity index (χ3v) is 3.94. The zero-order valence-corrected chi connectivity index (χ0v) is 8.62. The number of rotatable bonds is 2. The van der Waals surface area contributed by atoms with Crippen molar-refractivity contribution in [3.8, 4) is 0 Å². The van der Waals surface area contributed by atoms with E-state index in [1.165, 1.54) is 12.0 Å². The van der Waals surface area contributed by atoms with Crippen molar-refractivity contribution in [3.63, 3.8) is 0 Å². The highest BCUT2D eigenvalue weighted by Crippen LogP contribution is 2.59. The van der Waals surface area contributed by atoms with Crippen molar-refractivity contribution in [2.75, 3.05) is 6.61 Å². The fourth-order valence-electron chi connectivity index (χ4n) is 2.79. The van der Waals surface area contributed by atoms with Crippen LogP contribution >= 0.6 is 0 Å². The van der Waals surface area contributed by atoms with Crippen molar-refractivity contribution in [2.45, 2.75) is 26.7 Å². The lowest BCUT2D eigenvalue weighted by molar-refractivity contribution is -0.0155. The van der Waals surface area contributed by atoms with Crippen molar-refractivity contribution < 1.29 is 14.6 Å². The Balaban J connectivity index is 2.00. The molecule has 2 bridgehead atoms. The topological polar surface area (TPSA) is 46.5 Å². The van der Waals surface area contributed by atoms with E-state index < -0.39 is 6.16 Å². The number of fused-ring (bicyclic) bond motifs is 1. The van der Waals surface area contributed by atoms with Gasteiger partial charge in [0, 0.05) is 0 Å². The first-order valence-corrected chi connectivity index (χ1v) is 5.06. The van der Waals surface area contributed by atoms with E-state index in [0.29, 0.717) is 11.3 Å². The molecule has 0 aromatic heterocycles. The minimum absolute atomic E-state index is 0.260. The third-order valence-electron chi connectivity index (χ3n) is 3.94. The summed E-state index contributed by atoms with van der Waals surface area (Å²) in [6.45, 7) is 4.79. The molecule has 14 heavy (non-hydrogen) atoms. The summed E-state index contributed by atoms with van der Waals surface area (Å²) < 4.78 is 4.62. The molecule has 0 aromatic rings. The standard InChI is InChI=1S/C11H16O3/c1-11(2)8-4-3-7(9(11)5-8)6-14-10(12)13/h3,8-9H,4-6H2,1-2H3,(H,12,13)/t8-,9-/m0/s1. The largest absolute Gasteiger partial charge is 0.506 e. The van der Waals surface area contributed by atoms with E-state index in [-0.39, 0.29) is 6.61 Å². The van der Waals surface area contributed by atoms with E-state index >= 15 is 0 Å². The van der Waals surface area contributed by atoms with Crippen LogP contribution in [0, 0.1) is 17.3 Å². The monoisotopic (exact) mass is 196 g/mol. The van der Waals surface area contributed by atoms with E-state index in [2.05, 4.69) is 24.7 Å². The van der Waals surface area contributed by atoms with Gasteiger partial charge in [0.25, 0.3) is 0 Å². The summed E-state index contributed by atoms with van der Waals surface area (Å²) in [5.41, 5.74) is 1.53. The van der Waals surface area contributed by atoms with Gasteiger partial charge in [-0.3, -0.25) is 0 Å². The molecule has 1 N–H and O–H groups in total. The van der Waals surface area contributed by atoms with Crippen LogP contribution in [0.15, 0.2) is 11.6 Å². The summed E-state index contributed by atoms with van der Waals surface area (Å²) in [6.07, 6.45) is 3.28. The van der Waals surface area contributed by atoms with Crippen LogP contribution in [0.1, 0.15) is 26.7 Å². The highest BCUT2D eigenvalue weighted by atomic mass is 16.7. The van der Waals surface area contributed by atoms with Crippen molar-refractivity contribution in [2.24, 2.45) is 17.3 Å². The molecule has 0 spiro atoms. The summed E-state index contributed by atoms with van der Waals surface area (Å²) in [4.78, 5) is 10.3. The molecule has 0 heterocycles. The van der Waals surface area contributed by atoms with Gasteiger partial charge in [-0.1, -0.05) is 19.9 Å². The smallest absolute Gasteiger partial charge is 0.450 e. The molecule has 0 aliphatic heterocycles. The number of hydrogen-bond acceptors (Lipinski definition) is 2. The molecule has 1 saturated carbocycles. The van der Waals surface area contributed by atoms with Crippen molar-refractivity contribution in [1.82, 2.24) is 0 Å². The lowest BCUT2D eigenvalue weighted by Crippen LogP contribution is -2.48. The van der Waals surface area contributed by atoms with E-state index in [9.17, 15) is 4.79 Å². The van der Waals surface area contributed by atoms with Gasteiger partial charge in [-0.2, -0.15) is 0 Å². The Morgan fingerprint density at radius 3 is 2.93 bits per heavy atom. The van der Waals surface area contributed by atoms with Crippen molar-refractivity contribution >= 4 is 6.16 Å². The summed E-state index contributed by atoms with van der Waals surface area (Å²) in [5, 5.41) is 8.42. The fraction of sp³-hybridized carbons (Fsp3) is 0.727. The first kappa shape index (κ1) is 9.56. The lowest BCUT2D eigenvalue weighted by atomic mass is 9.49. The molecule has 1 fully saturated rings. The Hall–Kier alpha value is -0.990. The maximum absolute atomic E-state index is 10.3. The maximum Gasteiger partial charge on any atom is 0.506 e. The van der Waals surface area contributed by atoms with Gasteiger partial charge in [0.05, 0.1) is 0 Å². The van der Waals surface area contributed by atoms with Gasteiger partial charge in [0.2, 0.25) is 0 Å². The van der Waals surface area contributed by atoms with Gasteiger partial charge in [-0.15, -0.1) is 0 Å². The Bertz CT molecular complexity index is 291. The van der Waals surface area contributed by atoms with Crippen LogP contribution < -0.4 is 0 Å². The second kappa shape index (κ2) is 3.01. The number of hydrogen-bond donors (Lipinski definition) is 1. The molecule has 2 atom stereocenters. The predicted molar refractivity (Wildman–Crippen MR) is 52.1 cm³/mol. The summed E-state index contributed by atoms with van der Waals surface area (Å²) in [5.74, 6) is 1.33. The number of ether oxygens (including phenoxy) is 1. The van der Waals surface area contributed by atoms with Crippen molar-refractivity contribution in [3.05, 3.63) is 11.6 Å². The van der Waals surface area contributed by atoms with E-state index in [1.54, 1.807) is 0 Å². The normalized spacial score (nSPS) is 32.9. The van der Waals surface area contributed by atoms with Crippen LogP contribution in [0.3, 0.4) is 0 Å². The third kappa shape index (κ3) is 1.31. The van der Waals surface area contributed by atoms with Crippen LogP contribution in [-0.2, 0) is 4.74 Å². The van der Waals surface area contributed by atoms with Gasteiger partial charge in [0.15, 0.2) is 0 Å². The van der Waals surface area contributed by atoms with Gasteiger partial charge >= 0.3 is 6.16 Å². The first-order valence-electron chi connectivity index (χ1n) is 5.06. The SMILES string of the molecule is CC1(C)[C@H]2CC=C(COC(=O)O)[C@@H]1C2. The average Bonchev–Trinajstić information content (AvgIpc) is 2.14. The first-order chi connectivity index (χ1) is 6.51. The molecule has 78 valence electrons. The molecular weight excluding hydrogens is 180 g/mol. The molecule has 3 aliphatic carbocycles. The predicted octanol–water partition coefficient (Wildman–Crippen LogP) is 2.67. The van der Waals surface area contributed by atoms with E-state index in [1.807, 2.05) is 0 Å². The van der Waals surface area contributed by atoms with Gasteiger partial charge in [-0.25, -0.2) is 4.79 Å². The van der Waals surface area contributed by atoms with E-state index in [0.717, 1.165) is 12.3 Å². The molecule has 0 aromatic carbocycles. The average molecular weight is 196 g/mol. The molecule has 3 nitrogen and oxygen atoms in total. The van der Waals surface area contributed by atoms with Gasteiger partial charge in [0.1, 0.15) is 6.61 Å². The second-order valence-electron chi connectivity index (χ2n) is 4.88. The molecule has 0 radical (unpaired) electrons. The van der Waals surface area contributed by atoms with Crippen LogP contribution in [0.2, 0.25) is 0 Å². The Morgan fingerprint density at radius 2 is 2.43 bits per heavy atom. The summed E-state index contributed by atoms with van der Waals surface area (Å²) in [6, 6.07) is 0. The van der Waals surface area contributed by atoms with E-state index in [4.69, 9.17) is 5.11 Å². The fourth-order valence-corrected chi connectivity index (χ4v) is 2.79. The summed E-state index contributed by atoms with van der Waals surface area (Å²) in [7, 11) is 0. The van der Waals surface area contributed by atoms with Crippen LogP contribution in [-0.4, -0.2) is 17.9 Å². The zero-order valence-electron chi connectivity index (χ0n) is 8.62. The zero-order chi connectivity index (χ0) is 10.3. The van der Waals surface area contributed by atoms with Crippen LogP contribution in [0.25, 0.3) is 0 Å². The molecule has 0 unspecified atom stereocenters. The van der Waals surface area contributed by atoms with Crippen molar-refractivity contribution in [1.29, 1.82) is 0 Å². The van der Waals surface area contributed by atoms with Crippen LogP contribution in [0.4, 0.5) is 4.79 Å². The Labute approximate surface area is 83.8 Å². The maximum atomic E-state index is 10.3. The highest BCUT2D eigenvalue weighted by Gasteiger charge is 2.51. The molecule has 3 rings (SSSR count). The molecule has 3 aliphatic rings. The molecular formula is C11H16O3. The second-order valence-corrected chi connectivity index (χ2v) is 4.88. The molecule has 0 saturated heterocycles. The number of carboxylic acid groups (broad SMARTS) is 1. The number of allylic oxidation sites excluding steroid dienone is 1. The minimum Gasteiger partial charge on any atom is -0.450 e. The molecule has 3 heteroatoms. The Morgan fingerprint density at radius 1 is 1.71 bits per heavy atom.